The zero-order valence-electron chi connectivity index (χ0n) is 18.9. The molecule has 0 bridgehead atoms. The molecule has 5 aromatic rings. The molecule has 0 aliphatic carbocycles. The molecule has 1 amide bonds. The highest BCUT2D eigenvalue weighted by Crippen LogP contribution is 2.37. The van der Waals surface area contributed by atoms with Crippen LogP contribution in [-0.2, 0) is 0 Å². The van der Waals surface area contributed by atoms with Crippen molar-refractivity contribution in [2.75, 3.05) is 18.2 Å². The molecular formula is C26H19F2N5O3. The third-order valence-corrected chi connectivity index (χ3v) is 5.46. The Morgan fingerprint density at radius 3 is 2.61 bits per heavy atom. The number of pyridine rings is 2. The number of aromatic nitrogens is 3. The van der Waals surface area contributed by atoms with Gasteiger partial charge in [-0.15, -0.1) is 0 Å². The van der Waals surface area contributed by atoms with E-state index in [0.717, 1.165) is 23.3 Å². The maximum Gasteiger partial charge on any atom is 0.262 e. The van der Waals surface area contributed by atoms with Gasteiger partial charge in [-0.2, -0.15) is 0 Å². The monoisotopic (exact) mass is 487 g/mol. The number of halogens is 2. The molecule has 0 radical (unpaired) electrons. The van der Waals surface area contributed by atoms with E-state index in [2.05, 4.69) is 20.3 Å². The lowest BCUT2D eigenvalue weighted by Gasteiger charge is -2.12. The Hall–Kier alpha value is -4.99. The van der Waals surface area contributed by atoms with Crippen molar-refractivity contribution >= 4 is 28.4 Å². The molecule has 0 saturated carbocycles. The number of methoxy groups -OCH3 is 1. The Morgan fingerprint density at radius 2 is 1.86 bits per heavy atom. The lowest BCUT2D eigenvalue weighted by Crippen LogP contribution is -2.15. The van der Waals surface area contributed by atoms with Crippen LogP contribution in [0.1, 0.15) is 10.4 Å². The molecule has 8 nitrogen and oxygen atoms in total. The molecule has 0 aliphatic rings. The summed E-state index contributed by atoms with van der Waals surface area (Å²) in [5.41, 5.74) is 7.60. The minimum atomic E-state index is -0.775. The summed E-state index contributed by atoms with van der Waals surface area (Å²) in [6, 6.07) is 13.0. The van der Waals surface area contributed by atoms with E-state index < -0.39 is 17.5 Å². The number of rotatable bonds is 6. The second-order valence-electron chi connectivity index (χ2n) is 7.73. The van der Waals surface area contributed by atoms with Crippen LogP contribution in [0.2, 0.25) is 0 Å². The number of ether oxygens (including phenoxy) is 2. The molecule has 3 heterocycles. The third kappa shape index (κ3) is 4.27. The summed E-state index contributed by atoms with van der Waals surface area (Å²) < 4.78 is 40.1. The van der Waals surface area contributed by atoms with Gasteiger partial charge in [-0.05, 0) is 42.5 Å². The second-order valence-corrected chi connectivity index (χ2v) is 7.73. The average molecular weight is 487 g/mol. The minimum Gasteiger partial charge on any atom is -0.496 e. The molecule has 36 heavy (non-hydrogen) atoms. The molecule has 0 atom stereocenters. The summed E-state index contributed by atoms with van der Waals surface area (Å²) in [6.07, 6.45) is 4.91. The fraction of sp³-hybridized carbons (Fsp3) is 0.0385. The molecule has 0 aliphatic heterocycles. The van der Waals surface area contributed by atoms with Gasteiger partial charge in [-0.3, -0.25) is 4.79 Å². The Bertz CT molecular complexity index is 1590. The molecule has 0 fully saturated rings. The van der Waals surface area contributed by atoms with E-state index in [4.69, 9.17) is 15.2 Å². The van der Waals surface area contributed by atoms with Gasteiger partial charge in [0, 0.05) is 41.5 Å². The van der Waals surface area contributed by atoms with E-state index in [1.165, 1.54) is 37.6 Å². The van der Waals surface area contributed by atoms with Crippen LogP contribution in [0, 0.1) is 11.6 Å². The van der Waals surface area contributed by atoms with Gasteiger partial charge in [0.15, 0.2) is 11.6 Å². The Labute approximate surface area is 203 Å². The van der Waals surface area contributed by atoms with Gasteiger partial charge in [0.05, 0.1) is 12.5 Å². The summed E-state index contributed by atoms with van der Waals surface area (Å²) in [4.78, 5) is 24.1. The highest BCUT2D eigenvalue weighted by atomic mass is 19.1. The first-order valence-corrected chi connectivity index (χ1v) is 10.7. The molecule has 5 rings (SSSR count). The van der Waals surface area contributed by atoms with Crippen LogP contribution in [-0.4, -0.2) is 28.0 Å². The molecule has 0 spiro atoms. The molecule has 4 N–H and O–H groups in total. The lowest BCUT2D eigenvalue weighted by molar-refractivity contribution is 0.102. The van der Waals surface area contributed by atoms with E-state index in [1.807, 2.05) is 6.07 Å². The number of nitrogens with zero attached hydrogens (tertiary/aromatic N) is 2. The van der Waals surface area contributed by atoms with E-state index in [9.17, 15) is 13.6 Å². The van der Waals surface area contributed by atoms with Crippen molar-refractivity contribution in [3.05, 3.63) is 90.4 Å². The second kappa shape index (κ2) is 9.34. The standard InChI is InChI=1S/C26H19F2N5O3/c1-35-20-4-2-3-17(27)24(20)26(34)33-15-6-7-19(18(28)11-15)36-21-9-10-30-25-23(21)16(13-32-25)14-5-8-22(29)31-12-14/h2-13H,1H3,(H2,29,31)(H,30,32)(H,33,34). The van der Waals surface area contributed by atoms with Crippen molar-refractivity contribution in [2.45, 2.75) is 0 Å². The van der Waals surface area contributed by atoms with Crippen LogP contribution in [0.4, 0.5) is 20.3 Å². The van der Waals surface area contributed by atoms with E-state index in [1.54, 1.807) is 24.5 Å². The Kier molecular flexibility index (Phi) is 5.91. The number of nitrogens with two attached hydrogens (primary N) is 1. The fourth-order valence-corrected chi connectivity index (χ4v) is 3.77. The number of fused-ring (bicyclic) bond motifs is 1. The van der Waals surface area contributed by atoms with Gasteiger partial charge in [-0.1, -0.05) is 6.07 Å². The first-order chi connectivity index (χ1) is 17.4. The highest BCUT2D eigenvalue weighted by Gasteiger charge is 2.19. The summed E-state index contributed by atoms with van der Waals surface area (Å²) in [5, 5.41) is 3.11. The normalized spacial score (nSPS) is 10.9. The topological polar surface area (TPSA) is 115 Å². The van der Waals surface area contributed by atoms with Crippen molar-refractivity contribution < 1.29 is 23.0 Å². The zero-order valence-corrected chi connectivity index (χ0v) is 18.9. The van der Waals surface area contributed by atoms with E-state index >= 15 is 0 Å². The van der Waals surface area contributed by atoms with Gasteiger partial charge in [-0.25, -0.2) is 18.7 Å². The predicted octanol–water partition coefficient (Wildman–Crippen LogP) is 5.54. The molecule has 10 heteroatoms. The van der Waals surface area contributed by atoms with Crippen LogP contribution in [0.15, 0.2) is 73.2 Å². The van der Waals surface area contributed by atoms with Crippen molar-refractivity contribution in [3.63, 3.8) is 0 Å². The Morgan fingerprint density at radius 1 is 1.00 bits per heavy atom. The summed E-state index contributed by atoms with van der Waals surface area (Å²) >= 11 is 0. The number of aromatic amines is 1. The fourth-order valence-electron chi connectivity index (χ4n) is 3.77. The van der Waals surface area contributed by atoms with Crippen molar-refractivity contribution in [1.82, 2.24) is 15.0 Å². The maximum atomic E-state index is 15.0. The number of hydrogen-bond donors (Lipinski definition) is 3. The zero-order chi connectivity index (χ0) is 25.2. The van der Waals surface area contributed by atoms with Crippen molar-refractivity contribution in [2.24, 2.45) is 0 Å². The number of nitrogen functional groups attached to an aromatic ring is 1. The van der Waals surface area contributed by atoms with Crippen LogP contribution >= 0.6 is 0 Å². The third-order valence-electron chi connectivity index (χ3n) is 5.46. The molecule has 0 unspecified atom stereocenters. The average Bonchev–Trinajstić information content (AvgIpc) is 3.31. The van der Waals surface area contributed by atoms with Crippen LogP contribution in [0.5, 0.6) is 17.2 Å². The van der Waals surface area contributed by atoms with Gasteiger partial charge in [0.25, 0.3) is 5.91 Å². The number of hydrogen-bond acceptors (Lipinski definition) is 6. The Balaban J connectivity index is 1.43. The molecular weight excluding hydrogens is 468 g/mol. The quantitative estimate of drug-likeness (QED) is 0.290. The van der Waals surface area contributed by atoms with Crippen molar-refractivity contribution in [1.29, 1.82) is 0 Å². The number of carbonyl (C=O) groups excluding carboxylic acids is 1. The number of amides is 1. The molecule has 0 saturated heterocycles. The predicted molar refractivity (Wildman–Crippen MR) is 131 cm³/mol. The largest absolute Gasteiger partial charge is 0.496 e. The van der Waals surface area contributed by atoms with Gasteiger partial charge >= 0.3 is 0 Å². The first-order valence-electron chi connectivity index (χ1n) is 10.7. The number of anilines is 2. The SMILES string of the molecule is COc1cccc(F)c1C(=O)Nc1ccc(Oc2ccnc3[nH]cc(-c4ccc(N)nc4)c23)c(F)c1. The summed E-state index contributed by atoms with van der Waals surface area (Å²) in [6.45, 7) is 0. The molecule has 3 aromatic heterocycles. The van der Waals surface area contributed by atoms with Crippen LogP contribution in [0.3, 0.4) is 0 Å². The van der Waals surface area contributed by atoms with E-state index in [0.29, 0.717) is 22.6 Å². The maximum absolute atomic E-state index is 15.0. The number of benzene rings is 2. The number of carbonyl (C=O) groups is 1. The smallest absolute Gasteiger partial charge is 0.262 e. The molecule has 2 aromatic carbocycles. The van der Waals surface area contributed by atoms with Gasteiger partial charge in [0.1, 0.15) is 34.3 Å². The van der Waals surface area contributed by atoms with Crippen LogP contribution < -0.4 is 20.5 Å². The van der Waals surface area contributed by atoms with Crippen molar-refractivity contribution in [3.8, 4) is 28.4 Å². The van der Waals surface area contributed by atoms with E-state index in [-0.39, 0.29) is 22.7 Å². The number of nitrogens with one attached hydrogen (secondary N) is 2. The summed E-state index contributed by atoms with van der Waals surface area (Å²) in [5.74, 6) is -1.53. The number of H-pyrrole nitrogens is 1. The van der Waals surface area contributed by atoms with Gasteiger partial charge in [0.2, 0.25) is 0 Å². The summed E-state index contributed by atoms with van der Waals surface area (Å²) in [7, 11) is 1.33. The van der Waals surface area contributed by atoms with Crippen LogP contribution in [0.25, 0.3) is 22.2 Å². The molecule has 180 valence electrons. The minimum absolute atomic E-state index is 0.0632. The lowest BCUT2D eigenvalue weighted by atomic mass is 10.1. The van der Waals surface area contributed by atoms with Gasteiger partial charge < -0.3 is 25.5 Å². The first kappa shape index (κ1) is 22.8. The highest BCUT2D eigenvalue weighted by molar-refractivity contribution is 6.06.